The predicted octanol–water partition coefficient (Wildman–Crippen LogP) is 4.08. The molecule has 0 bridgehead atoms. The number of aryl methyl sites for hydroxylation is 1. The van der Waals surface area contributed by atoms with Crippen molar-refractivity contribution in [3.05, 3.63) is 59.7 Å². The molecule has 3 heteroatoms. The molecule has 1 aliphatic heterocycles. The van der Waals surface area contributed by atoms with Crippen molar-refractivity contribution in [2.24, 2.45) is 0 Å². The van der Waals surface area contributed by atoms with E-state index < -0.39 is 0 Å². The quantitative estimate of drug-likeness (QED) is 0.802. The average Bonchev–Trinajstić information content (AvgIpc) is 2.59. The second kappa shape index (κ2) is 7.51. The molecule has 0 aliphatic carbocycles. The first-order valence-electron chi connectivity index (χ1n) is 8.34. The van der Waals surface area contributed by atoms with Crippen LogP contribution < -0.4 is 9.47 Å². The topological polar surface area (TPSA) is 21.7 Å². The van der Waals surface area contributed by atoms with Gasteiger partial charge in [0.05, 0.1) is 6.61 Å². The van der Waals surface area contributed by atoms with E-state index in [0.29, 0.717) is 0 Å². The summed E-state index contributed by atoms with van der Waals surface area (Å²) in [5, 5.41) is 0. The Balaban J connectivity index is 1.77. The van der Waals surface area contributed by atoms with Gasteiger partial charge < -0.3 is 14.4 Å². The van der Waals surface area contributed by atoms with Crippen LogP contribution in [0.25, 0.3) is 0 Å². The van der Waals surface area contributed by atoms with Crippen molar-refractivity contribution in [2.45, 2.75) is 25.4 Å². The summed E-state index contributed by atoms with van der Waals surface area (Å²) in [4.78, 5) is 2.19. The van der Waals surface area contributed by atoms with Gasteiger partial charge in [-0.05, 0) is 44.1 Å². The van der Waals surface area contributed by atoms with E-state index in [4.69, 9.17) is 9.47 Å². The summed E-state index contributed by atoms with van der Waals surface area (Å²) in [6, 6.07) is 16.7. The Morgan fingerprint density at radius 2 is 1.96 bits per heavy atom. The largest absolute Gasteiger partial charge is 0.493 e. The smallest absolute Gasteiger partial charge is 0.126 e. The van der Waals surface area contributed by atoms with Gasteiger partial charge in [-0.2, -0.15) is 0 Å². The molecule has 0 N–H and O–H groups in total. The van der Waals surface area contributed by atoms with Gasteiger partial charge in [0.2, 0.25) is 0 Å². The lowest BCUT2D eigenvalue weighted by molar-refractivity contribution is 0.178. The van der Waals surface area contributed by atoms with E-state index in [1.165, 1.54) is 11.1 Å². The van der Waals surface area contributed by atoms with Crippen LogP contribution in [0.5, 0.6) is 11.5 Å². The van der Waals surface area contributed by atoms with Gasteiger partial charge in [0.25, 0.3) is 0 Å². The molecule has 1 unspecified atom stereocenters. The maximum Gasteiger partial charge on any atom is 0.126 e. The van der Waals surface area contributed by atoms with Crippen LogP contribution in [0.2, 0.25) is 0 Å². The summed E-state index contributed by atoms with van der Waals surface area (Å²) < 4.78 is 12.1. The number of hydrogen-bond donors (Lipinski definition) is 0. The molecule has 1 heterocycles. The molecule has 0 amide bonds. The van der Waals surface area contributed by atoms with Crippen molar-refractivity contribution in [1.29, 1.82) is 0 Å². The first-order valence-corrected chi connectivity index (χ1v) is 8.34. The van der Waals surface area contributed by atoms with Crippen LogP contribution in [-0.4, -0.2) is 32.1 Å². The number of benzene rings is 2. The first kappa shape index (κ1) is 15.9. The van der Waals surface area contributed by atoms with E-state index in [1.807, 2.05) is 12.1 Å². The minimum absolute atomic E-state index is 0.0558. The van der Waals surface area contributed by atoms with Crippen molar-refractivity contribution in [3.8, 4) is 11.5 Å². The Bertz CT molecular complexity index is 625. The second-order valence-electron chi connectivity index (χ2n) is 6.33. The van der Waals surface area contributed by atoms with Gasteiger partial charge in [-0.1, -0.05) is 36.4 Å². The molecule has 0 spiro atoms. The van der Waals surface area contributed by atoms with Crippen molar-refractivity contribution >= 4 is 0 Å². The first-order chi connectivity index (χ1) is 11.2. The summed E-state index contributed by atoms with van der Waals surface area (Å²) in [7, 11) is 4.18. The highest BCUT2D eigenvalue weighted by Gasteiger charge is 2.16. The molecule has 0 aromatic heterocycles. The number of nitrogens with zero attached hydrogens (tertiary/aromatic N) is 1. The van der Waals surface area contributed by atoms with Crippen LogP contribution in [0.3, 0.4) is 0 Å². The summed E-state index contributed by atoms with van der Waals surface area (Å²) in [5.74, 6) is 1.87. The zero-order valence-electron chi connectivity index (χ0n) is 14.0. The van der Waals surface area contributed by atoms with E-state index in [2.05, 4.69) is 55.4 Å². The Kier molecular flexibility index (Phi) is 5.19. The second-order valence-corrected chi connectivity index (χ2v) is 6.33. The highest BCUT2D eigenvalue weighted by atomic mass is 16.5. The van der Waals surface area contributed by atoms with Crippen LogP contribution in [0.15, 0.2) is 48.5 Å². The van der Waals surface area contributed by atoms with Gasteiger partial charge in [-0.25, -0.2) is 0 Å². The molecule has 3 rings (SSSR count). The van der Waals surface area contributed by atoms with Crippen molar-refractivity contribution in [3.63, 3.8) is 0 Å². The van der Waals surface area contributed by atoms with Gasteiger partial charge >= 0.3 is 0 Å². The summed E-state index contributed by atoms with van der Waals surface area (Å²) in [6.45, 7) is 1.79. The maximum atomic E-state index is 6.31. The van der Waals surface area contributed by atoms with Gasteiger partial charge in [0.1, 0.15) is 17.6 Å². The van der Waals surface area contributed by atoms with E-state index in [1.54, 1.807) is 0 Å². The Morgan fingerprint density at radius 3 is 2.74 bits per heavy atom. The third kappa shape index (κ3) is 4.26. The van der Waals surface area contributed by atoms with Gasteiger partial charge in [-0.15, -0.1) is 0 Å². The standard InChI is InChI=1S/C20H25NO2/c1-21(2)13-12-19(16-7-4-3-5-8-16)23-18-11-10-17-9-6-14-22-20(17)15-18/h3-5,7-8,10-11,15,19H,6,9,12-14H2,1-2H3. The summed E-state index contributed by atoms with van der Waals surface area (Å²) in [5.41, 5.74) is 2.50. The van der Waals surface area contributed by atoms with Crippen LogP contribution in [0.1, 0.15) is 30.1 Å². The van der Waals surface area contributed by atoms with E-state index in [9.17, 15) is 0 Å². The van der Waals surface area contributed by atoms with Crippen molar-refractivity contribution in [1.82, 2.24) is 4.90 Å². The van der Waals surface area contributed by atoms with E-state index in [-0.39, 0.29) is 6.10 Å². The number of rotatable bonds is 6. The zero-order chi connectivity index (χ0) is 16.1. The highest BCUT2D eigenvalue weighted by molar-refractivity contribution is 5.42. The molecule has 0 radical (unpaired) electrons. The summed E-state index contributed by atoms with van der Waals surface area (Å²) >= 11 is 0. The van der Waals surface area contributed by atoms with Crippen LogP contribution in [0.4, 0.5) is 0 Å². The monoisotopic (exact) mass is 311 g/mol. The minimum Gasteiger partial charge on any atom is -0.493 e. The molecule has 2 aromatic carbocycles. The molecule has 0 saturated heterocycles. The Labute approximate surface area is 138 Å². The molecule has 2 aromatic rings. The van der Waals surface area contributed by atoms with Gasteiger partial charge in [-0.3, -0.25) is 0 Å². The van der Waals surface area contributed by atoms with Crippen molar-refractivity contribution in [2.75, 3.05) is 27.2 Å². The molecular formula is C20H25NO2. The van der Waals surface area contributed by atoms with E-state index >= 15 is 0 Å². The van der Waals surface area contributed by atoms with Crippen LogP contribution >= 0.6 is 0 Å². The van der Waals surface area contributed by atoms with E-state index in [0.717, 1.165) is 43.9 Å². The minimum atomic E-state index is 0.0558. The van der Waals surface area contributed by atoms with Crippen LogP contribution in [-0.2, 0) is 6.42 Å². The molecule has 0 fully saturated rings. The molecular weight excluding hydrogens is 286 g/mol. The lowest BCUT2D eigenvalue weighted by Gasteiger charge is -2.23. The molecule has 0 saturated carbocycles. The van der Waals surface area contributed by atoms with Gasteiger partial charge in [0, 0.05) is 19.0 Å². The summed E-state index contributed by atoms with van der Waals surface area (Å²) in [6.07, 6.45) is 3.20. The predicted molar refractivity (Wildman–Crippen MR) is 93.2 cm³/mol. The fraction of sp³-hybridized carbons (Fsp3) is 0.400. The van der Waals surface area contributed by atoms with Crippen LogP contribution in [0, 0.1) is 0 Å². The third-order valence-electron chi connectivity index (χ3n) is 4.17. The Hall–Kier alpha value is -2.00. The molecule has 23 heavy (non-hydrogen) atoms. The SMILES string of the molecule is CN(C)CCC(Oc1ccc2c(c1)OCCC2)c1ccccc1. The number of hydrogen-bond acceptors (Lipinski definition) is 3. The molecule has 1 aliphatic rings. The third-order valence-corrected chi connectivity index (χ3v) is 4.17. The zero-order valence-corrected chi connectivity index (χ0v) is 14.0. The fourth-order valence-corrected chi connectivity index (χ4v) is 2.89. The number of fused-ring (bicyclic) bond motifs is 1. The molecule has 1 atom stereocenters. The van der Waals surface area contributed by atoms with Crippen molar-refractivity contribution < 1.29 is 9.47 Å². The highest BCUT2D eigenvalue weighted by Crippen LogP contribution is 2.32. The maximum absolute atomic E-state index is 6.31. The average molecular weight is 311 g/mol. The normalized spacial score (nSPS) is 14.9. The van der Waals surface area contributed by atoms with Gasteiger partial charge in [0.15, 0.2) is 0 Å². The fourth-order valence-electron chi connectivity index (χ4n) is 2.89. The Morgan fingerprint density at radius 1 is 1.13 bits per heavy atom. The molecule has 3 nitrogen and oxygen atoms in total. The lowest BCUT2D eigenvalue weighted by Crippen LogP contribution is -2.19. The molecule has 122 valence electrons. The lowest BCUT2D eigenvalue weighted by atomic mass is 10.0. The number of ether oxygens (including phenoxy) is 2.